The van der Waals surface area contributed by atoms with Crippen LogP contribution >= 0.6 is 0 Å². The summed E-state index contributed by atoms with van der Waals surface area (Å²) in [6, 6.07) is 15.3. The third-order valence-corrected chi connectivity index (χ3v) is 3.18. The zero-order valence-electron chi connectivity index (χ0n) is 12.8. The summed E-state index contributed by atoms with van der Waals surface area (Å²) in [6.07, 6.45) is -0.335. The van der Waals surface area contributed by atoms with Crippen molar-refractivity contribution in [3.8, 4) is 5.75 Å². The number of nitrogens with zero attached hydrogens (tertiary/aromatic N) is 1. The third kappa shape index (κ3) is 5.69. The highest BCUT2D eigenvalue weighted by atomic mass is 19.1. The molecular formula is C17H19FN2O3. The fourth-order valence-corrected chi connectivity index (χ4v) is 2.07. The molecule has 0 aliphatic heterocycles. The predicted octanol–water partition coefficient (Wildman–Crippen LogP) is 2.47. The number of hydrazine groups is 1. The van der Waals surface area contributed by atoms with Crippen LogP contribution in [0, 0.1) is 5.82 Å². The molecular weight excluding hydrogens is 299 g/mol. The molecule has 0 saturated carbocycles. The number of hydrogen-bond acceptors (Lipinski definition) is 4. The van der Waals surface area contributed by atoms with E-state index < -0.39 is 5.97 Å². The van der Waals surface area contributed by atoms with E-state index in [9.17, 15) is 9.18 Å². The SMILES string of the molecule is CN(CC(=O)O)NC[C@@H](Oc1ccc(F)cc1)c1ccccc1. The maximum atomic E-state index is 13.0. The number of hydrogen-bond donors (Lipinski definition) is 2. The molecule has 0 amide bonds. The summed E-state index contributed by atoms with van der Waals surface area (Å²) in [5.74, 6) is -0.702. The van der Waals surface area contributed by atoms with Gasteiger partial charge in [-0.2, -0.15) is 0 Å². The number of ether oxygens (including phenoxy) is 1. The standard InChI is InChI=1S/C17H19FN2O3/c1-20(12-17(21)22)19-11-16(13-5-3-2-4-6-13)23-15-9-7-14(18)8-10-15/h2-10,16,19H,11-12H2,1H3,(H,21,22)/t16-/m1/s1. The zero-order chi connectivity index (χ0) is 16.7. The summed E-state index contributed by atoms with van der Waals surface area (Å²) >= 11 is 0. The summed E-state index contributed by atoms with van der Waals surface area (Å²) in [4.78, 5) is 10.7. The van der Waals surface area contributed by atoms with Gasteiger partial charge in [-0.25, -0.2) is 9.40 Å². The molecule has 23 heavy (non-hydrogen) atoms. The number of carboxylic acids is 1. The minimum atomic E-state index is -0.921. The molecule has 6 heteroatoms. The smallest absolute Gasteiger partial charge is 0.319 e. The van der Waals surface area contributed by atoms with Gasteiger partial charge in [-0.3, -0.25) is 10.2 Å². The predicted molar refractivity (Wildman–Crippen MR) is 84.5 cm³/mol. The first-order valence-electron chi connectivity index (χ1n) is 7.18. The largest absolute Gasteiger partial charge is 0.484 e. The molecule has 0 aliphatic carbocycles. The fourth-order valence-electron chi connectivity index (χ4n) is 2.07. The lowest BCUT2D eigenvalue weighted by molar-refractivity contribution is -0.138. The molecule has 0 unspecified atom stereocenters. The van der Waals surface area contributed by atoms with Crippen molar-refractivity contribution in [3.05, 3.63) is 66.0 Å². The number of likely N-dealkylation sites (N-methyl/N-ethyl adjacent to an activating group) is 1. The number of carbonyl (C=O) groups is 1. The minimum absolute atomic E-state index is 0.127. The molecule has 0 bridgehead atoms. The van der Waals surface area contributed by atoms with Crippen LogP contribution in [0.25, 0.3) is 0 Å². The molecule has 2 N–H and O–H groups in total. The highest BCUT2D eigenvalue weighted by Gasteiger charge is 2.15. The maximum Gasteiger partial charge on any atom is 0.319 e. The number of rotatable bonds is 8. The highest BCUT2D eigenvalue weighted by Crippen LogP contribution is 2.21. The fraction of sp³-hybridized carbons (Fsp3) is 0.235. The number of halogens is 1. The first-order chi connectivity index (χ1) is 11.0. The monoisotopic (exact) mass is 318 g/mol. The van der Waals surface area contributed by atoms with Gasteiger partial charge in [0.2, 0.25) is 0 Å². The van der Waals surface area contributed by atoms with Crippen molar-refractivity contribution < 1.29 is 19.0 Å². The Kier molecular flexibility index (Phi) is 6.08. The highest BCUT2D eigenvalue weighted by molar-refractivity contribution is 5.68. The summed E-state index contributed by atoms with van der Waals surface area (Å²) in [5, 5.41) is 10.3. The van der Waals surface area contributed by atoms with Crippen LogP contribution in [0.3, 0.4) is 0 Å². The topological polar surface area (TPSA) is 61.8 Å². The Morgan fingerprint density at radius 2 is 1.87 bits per heavy atom. The van der Waals surface area contributed by atoms with E-state index in [-0.39, 0.29) is 18.5 Å². The summed E-state index contributed by atoms with van der Waals surface area (Å²) in [5.41, 5.74) is 3.94. The van der Waals surface area contributed by atoms with Crippen LogP contribution in [0.4, 0.5) is 4.39 Å². The molecule has 2 aromatic rings. The quantitative estimate of drug-likeness (QED) is 0.732. The van der Waals surface area contributed by atoms with Crippen molar-refractivity contribution in [3.63, 3.8) is 0 Å². The summed E-state index contributed by atoms with van der Waals surface area (Å²) < 4.78 is 18.9. The molecule has 0 saturated heterocycles. The summed E-state index contributed by atoms with van der Waals surface area (Å²) in [7, 11) is 1.65. The lowest BCUT2D eigenvalue weighted by Gasteiger charge is -2.23. The molecule has 5 nitrogen and oxygen atoms in total. The Morgan fingerprint density at radius 3 is 2.48 bits per heavy atom. The van der Waals surface area contributed by atoms with E-state index in [1.165, 1.54) is 17.1 Å². The van der Waals surface area contributed by atoms with E-state index in [4.69, 9.17) is 9.84 Å². The number of benzene rings is 2. The van der Waals surface area contributed by atoms with Crippen LogP contribution < -0.4 is 10.2 Å². The molecule has 0 aliphatic rings. The number of aliphatic carboxylic acids is 1. The van der Waals surface area contributed by atoms with Crippen LogP contribution in [-0.4, -0.2) is 36.2 Å². The molecule has 0 fully saturated rings. The Hall–Kier alpha value is -2.44. The average molecular weight is 318 g/mol. The molecule has 122 valence electrons. The van der Waals surface area contributed by atoms with Gasteiger partial charge in [-0.05, 0) is 29.8 Å². The molecule has 2 rings (SSSR count). The Balaban J connectivity index is 2.06. The average Bonchev–Trinajstić information content (AvgIpc) is 2.53. The van der Waals surface area contributed by atoms with Gasteiger partial charge in [0.15, 0.2) is 0 Å². The van der Waals surface area contributed by atoms with Crippen LogP contribution in [0.1, 0.15) is 11.7 Å². The first-order valence-corrected chi connectivity index (χ1v) is 7.18. The minimum Gasteiger partial charge on any atom is -0.484 e. The molecule has 0 radical (unpaired) electrons. The van der Waals surface area contributed by atoms with Gasteiger partial charge in [0.05, 0.1) is 6.54 Å². The van der Waals surface area contributed by atoms with Crippen LogP contribution in [0.15, 0.2) is 54.6 Å². The van der Waals surface area contributed by atoms with E-state index in [0.717, 1.165) is 5.56 Å². The molecule has 0 spiro atoms. The van der Waals surface area contributed by atoms with Crippen molar-refractivity contribution in [2.45, 2.75) is 6.10 Å². The normalized spacial score (nSPS) is 12.1. The van der Waals surface area contributed by atoms with Crippen LogP contribution in [0.5, 0.6) is 5.75 Å². The van der Waals surface area contributed by atoms with Gasteiger partial charge in [-0.15, -0.1) is 0 Å². The lowest BCUT2D eigenvalue weighted by Crippen LogP contribution is -2.41. The van der Waals surface area contributed by atoms with Crippen molar-refractivity contribution in [2.24, 2.45) is 0 Å². The second kappa shape index (κ2) is 8.26. The summed E-state index contributed by atoms with van der Waals surface area (Å²) in [6.45, 7) is 0.253. The van der Waals surface area contributed by atoms with Gasteiger partial charge in [0.1, 0.15) is 24.2 Å². The second-order valence-electron chi connectivity index (χ2n) is 5.08. The molecule has 0 aromatic heterocycles. The van der Waals surface area contributed by atoms with Gasteiger partial charge in [0.25, 0.3) is 0 Å². The van der Waals surface area contributed by atoms with Crippen LogP contribution in [-0.2, 0) is 4.79 Å². The van der Waals surface area contributed by atoms with E-state index in [1.807, 2.05) is 30.3 Å². The van der Waals surface area contributed by atoms with Gasteiger partial charge >= 0.3 is 5.97 Å². The van der Waals surface area contributed by atoms with Crippen molar-refractivity contribution in [2.75, 3.05) is 20.1 Å². The molecule has 0 heterocycles. The number of carboxylic acid groups (broad SMARTS) is 1. The first kappa shape index (κ1) is 16.9. The molecule has 1 atom stereocenters. The van der Waals surface area contributed by atoms with Gasteiger partial charge in [0, 0.05) is 7.05 Å². The van der Waals surface area contributed by atoms with E-state index in [1.54, 1.807) is 19.2 Å². The third-order valence-electron chi connectivity index (χ3n) is 3.18. The van der Waals surface area contributed by atoms with E-state index >= 15 is 0 Å². The van der Waals surface area contributed by atoms with Crippen molar-refractivity contribution in [1.82, 2.24) is 10.4 Å². The van der Waals surface area contributed by atoms with Gasteiger partial charge < -0.3 is 9.84 Å². The van der Waals surface area contributed by atoms with Crippen molar-refractivity contribution >= 4 is 5.97 Å². The van der Waals surface area contributed by atoms with E-state index in [0.29, 0.717) is 12.3 Å². The van der Waals surface area contributed by atoms with Crippen LogP contribution in [0.2, 0.25) is 0 Å². The van der Waals surface area contributed by atoms with Crippen molar-refractivity contribution in [1.29, 1.82) is 0 Å². The Labute approximate surface area is 134 Å². The second-order valence-corrected chi connectivity index (χ2v) is 5.08. The van der Waals surface area contributed by atoms with Gasteiger partial charge in [-0.1, -0.05) is 30.3 Å². The maximum absolute atomic E-state index is 13.0. The lowest BCUT2D eigenvalue weighted by atomic mass is 10.1. The molecule has 2 aromatic carbocycles. The Morgan fingerprint density at radius 1 is 1.22 bits per heavy atom. The Bertz CT molecular complexity index is 619. The zero-order valence-corrected chi connectivity index (χ0v) is 12.8. The van der Waals surface area contributed by atoms with E-state index in [2.05, 4.69) is 5.43 Å². The number of nitrogens with one attached hydrogen (secondary N) is 1.